The van der Waals surface area contributed by atoms with Crippen molar-refractivity contribution < 1.29 is 4.79 Å². The lowest BCUT2D eigenvalue weighted by Gasteiger charge is -2.05. The molecule has 1 amide bonds. The molecule has 0 saturated carbocycles. The van der Waals surface area contributed by atoms with Gasteiger partial charge in [-0.15, -0.1) is 6.42 Å². The SMILES string of the molecule is C#CCNCC(=O)NCc1ccnn1C. The molecule has 1 aromatic heterocycles. The number of hydrogen-bond donors (Lipinski definition) is 2. The van der Waals surface area contributed by atoms with Gasteiger partial charge >= 0.3 is 0 Å². The van der Waals surface area contributed by atoms with Gasteiger partial charge in [0.25, 0.3) is 0 Å². The Kier molecular flexibility index (Phi) is 4.38. The van der Waals surface area contributed by atoms with Crippen LogP contribution in [0.15, 0.2) is 12.3 Å². The van der Waals surface area contributed by atoms with Crippen molar-refractivity contribution in [1.29, 1.82) is 0 Å². The Bertz CT molecular complexity index is 364. The van der Waals surface area contributed by atoms with E-state index in [0.717, 1.165) is 5.69 Å². The minimum atomic E-state index is -0.0774. The average molecular weight is 206 g/mol. The van der Waals surface area contributed by atoms with Crippen molar-refractivity contribution in [2.24, 2.45) is 7.05 Å². The summed E-state index contributed by atoms with van der Waals surface area (Å²) in [6.45, 7) is 1.12. The minimum absolute atomic E-state index is 0.0774. The third kappa shape index (κ3) is 3.83. The summed E-state index contributed by atoms with van der Waals surface area (Å²) in [5, 5.41) is 9.56. The number of amides is 1. The molecule has 5 nitrogen and oxygen atoms in total. The number of carbonyl (C=O) groups is 1. The summed E-state index contributed by atoms with van der Waals surface area (Å²) in [5.74, 6) is 2.32. The van der Waals surface area contributed by atoms with Gasteiger partial charge in [-0.05, 0) is 6.07 Å². The van der Waals surface area contributed by atoms with Gasteiger partial charge in [-0.3, -0.25) is 14.8 Å². The average Bonchev–Trinajstić information content (AvgIpc) is 2.61. The van der Waals surface area contributed by atoms with Crippen molar-refractivity contribution in [1.82, 2.24) is 20.4 Å². The zero-order valence-corrected chi connectivity index (χ0v) is 8.66. The van der Waals surface area contributed by atoms with Crippen LogP contribution in [-0.2, 0) is 18.4 Å². The molecule has 0 aliphatic carbocycles. The van der Waals surface area contributed by atoms with Crippen molar-refractivity contribution in [3.8, 4) is 12.3 Å². The molecule has 5 heteroatoms. The number of carbonyl (C=O) groups excluding carboxylic acids is 1. The second-order valence-corrected chi connectivity index (χ2v) is 3.03. The van der Waals surface area contributed by atoms with Gasteiger partial charge < -0.3 is 5.32 Å². The molecule has 0 atom stereocenters. The van der Waals surface area contributed by atoms with Crippen LogP contribution >= 0.6 is 0 Å². The highest BCUT2D eigenvalue weighted by Gasteiger charge is 2.02. The zero-order valence-electron chi connectivity index (χ0n) is 8.66. The summed E-state index contributed by atoms with van der Waals surface area (Å²) < 4.78 is 1.72. The standard InChI is InChI=1S/C10H14N4O/c1-3-5-11-8-10(15)12-7-9-4-6-13-14(9)2/h1,4,6,11H,5,7-8H2,2H3,(H,12,15). The number of aromatic nitrogens is 2. The number of aryl methyl sites for hydroxylation is 1. The first-order valence-corrected chi connectivity index (χ1v) is 4.62. The molecule has 0 radical (unpaired) electrons. The second-order valence-electron chi connectivity index (χ2n) is 3.03. The number of rotatable bonds is 5. The van der Waals surface area contributed by atoms with Gasteiger partial charge in [-0.1, -0.05) is 5.92 Å². The van der Waals surface area contributed by atoms with E-state index in [2.05, 4.69) is 21.7 Å². The number of nitrogens with one attached hydrogen (secondary N) is 2. The number of nitrogens with zero attached hydrogens (tertiary/aromatic N) is 2. The van der Waals surface area contributed by atoms with E-state index in [1.807, 2.05) is 13.1 Å². The van der Waals surface area contributed by atoms with Crippen LogP contribution < -0.4 is 10.6 Å². The number of terminal acetylenes is 1. The fourth-order valence-electron chi connectivity index (χ4n) is 1.07. The first-order chi connectivity index (χ1) is 7.24. The van der Waals surface area contributed by atoms with Crippen LogP contribution in [-0.4, -0.2) is 28.8 Å². The summed E-state index contributed by atoms with van der Waals surface area (Å²) in [4.78, 5) is 11.3. The van der Waals surface area contributed by atoms with Gasteiger partial charge in [0.2, 0.25) is 5.91 Å². The van der Waals surface area contributed by atoms with Crippen molar-refractivity contribution in [2.75, 3.05) is 13.1 Å². The Balaban J connectivity index is 2.23. The van der Waals surface area contributed by atoms with E-state index >= 15 is 0 Å². The Labute approximate surface area is 88.9 Å². The lowest BCUT2D eigenvalue weighted by Crippen LogP contribution is -2.34. The molecule has 80 valence electrons. The van der Waals surface area contributed by atoms with E-state index in [1.165, 1.54) is 0 Å². The Morgan fingerprint density at radius 1 is 1.73 bits per heavy atom. The predicted molar refractivity (Wildman–Crippen MR) is 56.8 cm³/mol. The highest BCUT2D eigenvalue weighted by molar-refractivity contribution is 5.77. The van der Waals surface area contributed by atoms with E-state index < -0.39 is 0 Å². The molecule has 0 fully saturated rings. The smallest absolute Gasteiger partial charge is 0.234 e. The maximum absolute atomic E-state index is 11.3. The van der Waals surface area contributed by atoms with E-state index in [4.69, 9.17) is 6.42 Å². The summed E-state index contributed by atoms with van der Waals surface area (Å²) in [7, 11) is 1.83. The lowest BCUT2D eigenvalue weighted by atomic mass is 10.4. The molecule has 1 rings (SSSR count). The molecular formula is C10H14N4O. The summed E-state index contributed by atoms with van der Waals surface area (Å²) in [6.07, 6.45) is 6.72. The fourth-order valence-corrected chi connectivity index (χ4v) is 1.07. The summed E-state index contributed by atoms with van der Waals surface area (Å²) in [5.41, 5.74) is 0.959. The Morgan fingerprint density at radius 2 is 2.53 bits per heavy atom. The lowest BCUT2D eigenvalue weighted by molar-refractivity contribution is -0.120. The minimum Gasteiger partial charge on any atom is -0.349 e. The van der Waals surface area contributed by atoms with Crippen LogP contribution in [0.3, 0.4) is 0 Å². The molecule has 1 heterocycles. The van der Waals surface area contributed by atoms with Crippen LogP contribution in [0.2, 0.25) is 0 Å². The normalized spacial score (nSPS) is 9.60. The Hall–Kier alpha value is -1.80. The molecule has 0 spiro atoms. The van der Waals surface area contributed by atoms with Crippen molar-refractivity contribution >= 4 is 5.91 Å². The van der Waals surface area contributed by atoms with Crippen molar-refractivity contribution in [3.05, 3.63) is 18.0 Å². The summed E-state index contributed by atoms with van der Waals surface area (Å²) in [6, 6.07) is 1.86. The van der Waals surface area contributed by atoms with Gasteiger partial charge in [0.1, 0.15) is 0 Å². The number of hydrogen-bond acceptors (Lipinski definition) is 3. The molecule has 1 aromatic rings. The Morgan fingerprint density at radius 3 is 3.13 bits per heavy atom. The maximum Gasteiger partial charge on any atom is 0.234 e. The molecule has 0 unspecified atom stereocenters. The van der Waals surface area contributed by atoms with Crippen molar-refractivity contribution in [2.45, 2.75) is 6.54 Å². The first-order valence-electron chi connectivity index (χ1n) is 4.62. The highest BCUT2D eigenvalue weighted by atomic mass is 16.1. The van der Waals surface area contributed by atoms with Gasteiger partial charge in [-0.25, -0.2) is 0 Å². The monoisotopic (exact) mass is 206 g/mol. The van der Waals surface area contributed by atoms with Crippen LogP contribution in [0.1, 0.15) is 5.69 Å². The first kappa shape index (κ1) is 11.3. The molecule has 0 saturated heterocycles. The molecule has 0 aliphatic heterocycles. The second kappa shape index (κ2) is 5.83. The molecule has 2 N–H and O–H groups in total. The van der Waals surface area contributed by atoms with Crippen LogP contribution in [0, 0.1) is 12.3 Å². The molecule has 0 bridgehead atoms. The van der Waals surface area contributed by atoms with E-state index in [0.29, 0.717) is 13.1 Å². The third-order valence-electron chi connectivity index (χ3n) is 1.90. The predicted octanol–water partition coefficient (Wildman–Crippen LogP) is -0.741. The highest BCUT2D eigenvalue weighted by Crippen LogP contribution is 1.94. The van der Waals surface area contributed by atoms with Gasteiger partial charge in [-0.2, -0.15) is 5.10 Å². The van der Waals surface area contributed by atoms with Crippen LogP contribution in [0.25, 0.3) is 0 Å². The molecule has 15 heavy (non-hydrogen) atoms. The zero-order chi connectivity index (χ0) is 11.1. The van der Waals surface area contributed by atoms with Gasteiger partial charge in [0.05, 0.1) is 25.3 Å². The largest absolute Gasteiger partial charge is 0.349 e. The topological polar surface area (TPSA) is 59.0 Å². The third-order valence-corrected chi connectivity index (χ3v) is 1.90. The van der Waals surface area contributed by atoms with Gasteiger partial charge in [0, 0.05) is 13.2 Å². The van der Waals surface area contributed by atoms with Crippen molar-refractivity contribution in [3.63, 3.8) is 0 Å². The van der Waals surface area contributed by atoms with Gasteiger partial charge in [0.15, 0.2) is 0 Å². The van der Waals surface area contributed by atoms with Crippen LogP contribution in [0.4, 0.5) is 0 Å². The quantitative estimate of drug-likeness (QED) is 0.493. The molecule has 0 aliphatic rings. The van der Waals surface area contributed by atoms with Crippen LogP contribution in [0.5, 0.6) is 0 Å². The molecule has 0 aromatic carbocycles. The fraction of sp³-hybridized carbons (Fsp3) is 0.400. The van der Waals surface area contributed by atoms with E-state index in [9.17, 15) is 4.79 Å². The van der Waals surface area contributed by atoms with E-state index in [1.54, 1.807) is 10.9 Å². The van der Waals surface area contributed by atoms with E-state index in [-0.39, 0.29) is 12.5 Å². The summed E-state index contributed by atoms with van der Waals surface area (Å²) >= 11 is 0. The molecular weight excluding hydrogens is 192 g/mol. The maximum atomic E-state index is 11.3.